The summed E-state index contributed by atoms with van der Waals surface area (Å²) in [6.45, 7) is 1.90. The Balaban J connectivity index is 2.43. The lowest BCUT2D eigenvalue weighted by molar-refractivity contribution is -0.160. The summed E-state index contributed by atoms with van der Waals surface area (Å²) in [5.74, 6) is -1.10. The molecule has 0 atom stereocenters. The molecule has 2 rings (SSSR count). The largest absolute Gasteiger partial charge is 0.468 e. The second kappa shape index (κ2) is 4.88. The summed E-state index contributed by atoms with van der Waals surface area (Å²) in [5, 5.41) is 0. The maximum atomic E-state index is 11.9. The highest BCUT2D eigenvalue weighted by Crippen LogP contribution is 2.57. The first-order valence-electron chi connectivity index (χ1n) is 6.00. The molecule has 0 amide bonds. The highest BCUT2D eigenvalue weighted by Gasteiger charge is 2.64. The quantitative estimate of drug-likeness (QED) is 0.617. The first-order chi connectivity index (χ1) is 9.07. The van der Waals surface area contributed by atoms with Gasteiger partial charge in [0.05, 0.1) is 14.2 Å². The van der Waals surface area contributed by atoms with Crippen LogP contribution >= 0.6 is 0 Å². The predicted octanol–water partition coefficient (Wildman–Crippen LogP) is 2.20. The van der Waals surface area contributed by atoms with Crippen LogP contribution in [0.25, 0.3) is 5.57 Å². The van der Waals surface area contributed by atoms with Gasteiger partial charge in [-0.15, -0.1) is 0 Å². The molecule has 0 spiro atoms. The van der Waals surface area contributed by atoms with Crippen LogP contribution in [0.1, 0.15) is 18.9 Å². The molecular formula is C15H16O4. The van der Waals surface area contributed by atoms with Crippen LogP contribution in [0.5, 0.6) is 0 Å². The van der Waals surface area contributed by atoms with Gasteiger partial charge in [0.2, 0.25) is 0 Å². The lowest BCUT2D eigenvalue weighted by atomic mass is 10.0. The first kappa shape index (κ1) is 13.3. The standard InChI is InChI=1S/C15H16O4/c1-10(11-7-5-4-6-8-11)12-9-15(12,13(16)18-2)14(17)19-3/h4-8H,9H2,1-3H3. The molecule has 19 heavy (non-hydrogen) atoms. The van der Waals surface area contributed by atoms with E-state index in [-0.39, 0.29) is 0 Å². The molecule has 0 N–H and O–H groups in total. The van der Waals surface area contributed by atoms with Gasteiger partial charge in [0, 0.05) is 6.42 Å². The highest BCUT2D eigenvalue weighted by atomic mass is 16.5. The summed E-state index contributed by atoms with van der Waals surface area (Å²) in [6.07, 6.45) is 0.368. The highest BCUT2D eigenvalue weighted by molar-refractivity contribution is 6.11. The van der Waals surface area contributed by atoms with Crippen molar-refractivity contribution in [2.24, 2.45) is 5.41 Å². The zero-order valence-corrected chi connectivity index (χ0v) is 11.2. The van der Waals surface area contributed by atoms with E-state index in [9.17, 15) is 9.59 Å². The summed E-state index contributed by atoms with van der Waals surface area (Å²) < 4.78 is 9.49. The smallest absolute Gasteiger partial charge is 0.327 e. The molecule has 0 bridgehead atoms. The minimum Gasteiger partial charge on any atom is -0.468 e. The van der Waals surface area contributed by atoms with Gasteiger partial charge in [-0.3, -0.25) is 9.59 Å². The number of rotatable bonds is 3. The van der Waals surface area contributed by atoms with Gasteiger partial charge in [0.1, 0.15) is 0 Å². The molecule has 4 nitrogen and oxygen atoms in total. The average molecular weight is 260 g/mol. The molecule has 1 aromatic carbocycles. The number of ether oxygens (including phenoxy) is 2. The summed E-state index contributed by atoms with van der Waals surface area (Å²) in [7, 11) is 2.56. The molecule has 0 heterocycles. The number of hydrogen-bond donors (Lipinski definition) is 0. The fourth-order valence-corrected chi connectivity index (χ4v) is 2.36. The number of carbonyl (C=O) groups is 2. The third-order valence-corrected chi connectivity index (χ3v) is 3.56. The number of benzene rings is 1. The van der Waals surface area contributed by atoms with E-state index in [1.807, 2.05) is 37.3 Å². The van der Waals surface area contributed by atoms with Crippen LogP contribution in [-0.4, -0.2) is 26.2 Å². The summed E-state index contributed by atoms with van der Waals surface area (Å²) in [6, 6.07) is 9.64. The molecule has 0 aliphatic heterocycles. The number of allylic oxidation sites excluding steroid dienone is 1. The van der Waals surface area contributed by atoms with Crippen molar-refractivity contribution in [1.82, 2.24) is 0 Å². The second-order valence-corrected chi connectivity index (χ2v) is 4.53. The Kier molecular flexibility index (Phi) is 3.42. The molecule has 0 aromatic heterocycles. The van der Waals surface area contributed by atoms with Gasteiger partial charge in [-0.2, -0.15) is 0 Å². The molecule has 4 heteroatoms. The molecule has 1 aromatic rings. The molecule has 0 saturated heterocycles. The van der Waals surface area contributed by atoms with Crippen molar-refractivity contribution < 1.29 is 19.1 Å². The van der Waals surface area contributed by atoms with Crippen LogP contribution in [0.2, 0.25) is 0 Å². The van der Waals surface area contributed by atoms with Crippen LogP contribution in [0, 0.1) is 5.41 Å². The van der Waals surface area contributed by atoms with E-state index < -0.39 is 17.4 Å². The van der Waals surface area contributed by atoms with Gasteiger partial charge in [-0.25, -0.2) is 0 Å². The zero-order chi connectivity index (χ0) is 14.0. The minimum absolute atomic E-state index is 0.368. The Morgan fingerprint density at radius 2 is 1.58 bits per heavy atom. The van der Waals surface area contributed by atoms with Gasteiger partial charge >= 0.3 is 11.9 Å². The Bertz CT molecular complexity index is 527. The molecule has 1 aliphatic carbocycles. The lowest BCUT2D eigenvalue weighted by Gasteiger charge is -2.10. The Labute approximate surface area is 112 Å². The van der Waals surface area contributed by atoms with Crippen LogP contribution in [-0.2, 0) is 19.1 Å². The van der Waals surface area contributed by atoms with Crippen LogP contribution in [0.15, 0.2) is 35.9 Å². The normalized spacial score (nSPS) is 18.5. The SMILES string of the molecule is COC(=O)C1(C(=O)OC)CC1=C(C)c1ccccc1. The fourth-order valence-electron chi connectivity index (χ4n) is 2.36. The van der Waals surface area contributed by atoms with Crippen molar-refractivity contribution >= 4 is 17.5 Å². The van der Waals surface area contributed by atoms with Crippen molar-refractivity contribution in [1.29, 1.82) is 0 Å². The number of hydrogen-bond acceptors (Lipinski definition) is 4. The van der Waals surface area contributed by atoms with Crippen molar-refractivity contribution in [3.8, 4) is 0 Å². The molecule has 100 valence electrons. The lowest BCUT2D eigenvalue weighted by Crippen LogP contribution is -2.28. The van der Waals surface area contributed by atoms with E-state index in [1.54, 1.807) is 0 Å². The van der Waals surface area contributed by atoms with Gasteiger partial charge in [0.25, 0.3) is 0 Å². The monoisotopic (exact) mass is 260 g/mol. The topological polar surface area (TPSA) is 52.6 Å². The van der Waals surface area contributed by atoms with E-state index in [2.05, 4.69) is 0 Å². The number of methoxy groups -OCH3 is 2. The van der Waals surface area contributed by atoms with E-state index >= 15 is 0 Å². The molecule has 1 fully saturated rings. The molecular weight excluding hydrogens is 244 g/mol. The fraction of sp³-hybridized carbons (Fsp3) is 0.333. The molecule has 0 unspecified atom stereocenters. The van der Waals surface area contributed by atoms with Gasteiger partial charge in [0.15, 0.2) is 5.41 Å². The Morgan fingerprint density at radius 1 is 1.05 bits per heavy atom. The minimum atomic E-state index is -1.23. The third kappa shape index (κ3) is 2.03. The number of carbonyl (C=O) groups excluding carboxylic acids is 2. The molecule has 1 saturated carbocycles. The van der Waals surface area contributed by atoms with E-state index in [4.69, 9.17) is 9.47 Å². The van der Waals surface area contributed by atoms with Gasteiger partial charge < -0.3 is 9.47 Å². The maximum Gasteiger partial charge on any atom is 0.327 e. The second-order valence-electron chi connectivity index (χ2n) is 4.53. The van der Waals surface area contributed by atoms with Gasteiger partial charge in [-0.05, 0) is 23.6 Å². The summed E-state index contributed by atoms with van der Waals surface area (Å²) in [4.78, 5) is 23.8. The van der Waals surface area contributed by atoms with Gasteiger partial charge in [-0.1, -0.05) is 30.3 Å². The predicted molar refractivity (Wildman–Crippen MR) is 70.1 cm³/mol. The van der Waals surface area contributed by atoms with E-state index in [0.29, 0.717) is 6.42 Å². The van der Waals surface area contributed by atoms with Crippen molar-refractivity contribution in [3.63, 3.8) is 0 Å². The van der Waals surface area contributed by atoms with E-state index in [0.717, 1.165) is 16.7 Å². The summed E-state index contributed by atoms with van der Waals surface area (Å²) >= 11 is 0. The Hall–Kier alpha value is -2.10. The van der Waals surface area contributed by atoms with E-state index in [1.165, 1.54) is 14.2 Å². The average Bonchev–Trinajstić information content (AvgIpc) is 3.22. The molecule has 1 aliphatic rings. The van der Waals surface area contributed by atoms with Crippen LogP contribution < -0.4 is 0 Å². The van der Waals surface area contributed by atoms with Crippen LogP contribution in [0.4, 0.5) is 0 Å². The first-order valence-corrected chi connectivity index (χ1v) is 6.00. The number of esters is 2. The van der Waals surface area contributed by atoms with Crippen molar-refractivity contribution in [3.05, 3.63) is 41.5 Å². The maximum absolute atomic E-state index is 11.9. The van der Waals surface area contributed by atoms with Crippen molar-refractivity contribution in [2.45, 2.75) is 13.3 Å². The van der Waals surface area contributed by atoms with Crippen molar-refractivity contribution in [2.75, 3.05) is 14.2 Å². The summed E-state index contributed by atoms with van der Waals surface area (Å²) in [5.41, 5.74) is 1.46. The third-order valence-electron chi connectivity index (χ3n) is 3.56. The zero-order valence-electron chi connectivity index (χ0n) is 11.2. The molecule has 0 radical (unpaired) electrons. The van der Waals surface area contributed by atoms with Crippen LogP contribution in [0.3, 0.4) is 0 Å². The Morgan fingerprint density at radius 3 is 2.05 bits per heavy atom.